The lowest BCUT2D eigenvalue weighted by Gasteiger charge is -2.27. The predicted octanol–water partition coefficient (Wildman–Crippen LogP) is 5.45. The molecule has 0 fully saturated rings. The summed E-state index contributed by atoms with van der Waals surface area (Å²) < 4.78 is 19.1. The molecule has 0 amide bonds. The minimum absolute atomic E-state index is 0.0470. The Hall–Kier alpha value is -1.03. The molecule has 0 saturated heterocycles. The van der Waals surface area contributed by atoms with Gasteiger partial charge < -0.3 is 9.73 Å². The Balaban J connectivity index is 1.82. The van der Waals surface area contributed by atoms with Gasteiger partial charge >= 0.3 is 0 Å². The molecule has 2 nitrogen and oxygen atoms in total. The summed E-state index contributed by atoms with van der Waals surface area (Å²) in [6.45, 7) is 1.98. The minimum atomic E-state index is -0.447. The quantitative estimate of drug-likeness (QED) is 0.758. The Morgan fingerprint density at radius 1 is 1.33 bits per heavy atom. The Morgan fingerprint density at radius 2 is 2.14 bits per heavy atom. The van der Waals surface area contributed by atoms with Crippen LogP contribution in [0.15, 0.2) is 28.9 Å². The molecule has 112 valence electrons. The van der Waals surface area contributed by atoms with Crippen LogP contribution >= 0.6 is 23.2 Å². The van der Waals surface area contributed by atoms with E-state index in [1.54, 1.807) is 6.26 Å². The highest BCUT2D eigenvalue weighted by Crippen LogP contribution is 2.34. The molecule has 3 rings (SSSR count). The zero-order valence-electron chi connectivity index (χ0n) is 11.6. The number of fused-ring (bicyclic) bond motifs is 1. The Bertz CT molecular complexity index is 656. The Labute approximate surface area is 133 Å². The van der Waals surface area contributed by atoms with Gasteiger partial charge in [-0.1, -0.05) is 23.2 Å². The Kier molecular flexibility index (Phi) is 4.25. The molecule has 0 radical (unpaired) electrons. The van der Waals surface area contributed by atoms with Crippen LogP contribution in [0, 0.1) is 5.82 Å². The third kappa shape index (κ3) is 2.96. The SMILES string of the molecule is CC(NC1CCCc2occc21)c1cc(F)c(Cl)cc1Cl. The van der Waals surface area contributed by atoms with Crippen LogP contribution in [0.2, 0.25) is 10.0 Å². The topological polar surface area (TPSA) is 25.2 Å². The zero-order chi connectivity index (χ0) is 15.0. The lowest BCUT2D eigenvalue weighted by Crippen LogP contribution is -2.27. The highest BCUT2D eigenvalue weighted by Gasteiger charge is 2.25. The van der Waals surface area contributed by atoms with Crippen molar-refractivity contribution in [2.45, 2.75) is 38.3 Å². The van der Waals surface area contributed by atoms with Gasteiger partial charge in [0, 0.05) is 29.1 Å². The normalized spacial score (nSPS) is 19.3. The summed E-state index contributed by atoms with van der Waals surface area (Å²) in [6.07, 6.45) is 4.81. The maximum absolute atomic E-state index is 13.7. The molecule has 2 aromatic rings. The number of hydrogen-bond acceptors (Lipinski definition) is 2. The number of rotatable bonds is 3. The molecule has 1 aliphatic carbocycles. The molecule has 0 saturated carbocycles. The highest BCUT2D eigenvalue weighted by molar-refractivity contribution is 6.35. The average molecular weight is 328 g/mol. The van der Waals surface area contributed by atoms with Crippen LogP contribution in [0.5, 0.6) is 0 Å². The molecule has 1 N–H and O–H groups in total. The second kappa shape index (κ2) is 5.99. The van der Waals surface area contributed by atoms with Gasteiger partial charge in [-0.15, -0.1) is 0 Å². The van der Waals surface area contributed by atoms with Crippen LogP contribution in [0.3, 0.4) is 0 Å². The largest absolute Gasteiger partial charge is 0.469 e. The summed E-state index contributed by atoms with van der Waals surface area (Å²) in [4.78, 5) is 0. The van der Waals surface area contributed by atoms with E-state index in [0.29, 0.717) is 10.6 Å². The predicted molar refractivity (Wildman–Crippen MR) is 82.4 cm³/mol. The first kappa shape index (κ1) is 14.9. The third-order valence-electron chi connectivity index (χ3n) is 4.01. The average Bonchev–Trinajstić information content (AvgIpc) is 2.92. The molecule has 2 unspecified atom stereocenters. The maximum Gasteiger partial charge on any atom is 0.142 e. The van der Waals surface area contributed by atoms with Crippen molar-refractivity contribution in [3.8, 4) is 0 Å². The van der Waals surface area contributed by atoms with Crippen molar-refractivity contribution in [2.24, 2.45) is 0 Å². The van der Waals surface area contributed by atoms with E-state index in [1.807, 2.05) is 13.0 Å². The van der Waals surface area contributed by atoms with Crippen LogP contribution in [0.4, 0.5) is 4.39 Å². The molecular formula is C16H16Cl2FNO. The molecule has 0 bridgehead atoms. The first-order valence-corrected chi connectivity index (χ1v) is 7.78. The van der Waals surface area contributed by atoms with Gasteiger partial charge in [0.15, 0.2) is 0 Å². The van der Waals surface area contributed by atoms with Crippen LogP contribution < -0.4 is 5.32 Å². The van der Waals surface area contributed by atoms with E-state index in [1.165, 1.54) is 17.7 Å². The standard InChI is InChI=1S/C16H16Cl2FNO/c1-9(11-7-14(19)13(18)8-12(11)17)20-15-3-2-4-16-10(15)5-6-21-16/h5-9,15,20H,2-4H2,1H3. The van der Waals surface area contributed by atoms with E-state index < -0.39 is 5.82 Å². The summed E-state index contributed by atoms with van der Waals surface area (Å²) in [5.41, 5.74) is 1.91. The molecule has 2 atom stereocenters. The number of nitrogens with one attached hydrogen (secondary N) is 1. The summed E-state index contributed by atoms with van der Waals surface area (Å²) >= 11 is 11.9. The lowest BCUT2D eigenvalue weighted by atomic mass is 9.92. The van der Waals surface area contributed by atoms with Gasteiger partial charge in [0.2, 0.25) is 0 Å². The molecule has 0 aliphatic heterocycles. The zero-order valence-corrected chi connectivity index (χ0v) is 13.1. The van der Waals surface area contributed by atoms with E-state index in [9.17, 15) is 4.39 Å². The molecule has 21 heavy (non-hydrogen) atoms. The smallest absolute Gasteiger partial charge is 0.142 e. The van der Waals surface area contributed by atoms with Crippen molar-refractivity contribution in [3.05, 3.63) is 57.2 Å². The fourth-order valence-corrected chi connectivity index (χ4v) is 3.47. The van der Waals surface area contributed by atoms with E-state index in [-0.39, 0.29) is 17.1 Å². The van der Waals surface area contributed by atoms with Crippen LogP contribution in [0.25, 0.3) is 0 Å². The van der Waals surface area contributed by atoms with Gasteiger partial charge in [0.1, 0.15) is 11.6 Å². The number of aryl methyl sites for hydroxylation is 1. The summed E-state index contributed by atoms with van der Waals surface area (Å²) in [6, 6.07) is 4.99. The van der Waals surface area contributed by atoms with Gasteiger partial charge in [-0.25, -0.2) is 4.39 Å². The second-order valence-electron chi connectivity index (χ2n) is 5.42. The molecule has 1 aliphatic rings. The van der Waals surface area contributed by atoms with Crippen molar-refractivity contribution in [1.29, 1.82) is 0 Å². The number of furan rings is 1. The minimum Gasteiger partial charge on any atom is -0.469 e. The maximum atomic E-state index is 13.7. The van der Waals surface area contributed by atoms with Crippen LogP contribution in [0.1, 0.15) is 48.7 Å². The van der Waals surface area contributed by atoms with Gasteiger partial charge in [-0.2, -0.15) is 0 Å². The number of benzene rings is 1. The van der Waals surface area contributed by atoms with E-state index >= 15 is 0 Å². The van der Waals surface area contributed by atoms with Gasteiger partial charge in [0.05, 0.1) is 11.3 Å². The molecule has 0 spiro atoms. The first-order valence-electron chi connectivity index (χ1n) is 7.03. The van der Waals surface area contributed by atoms with E-state index in [4.69, 9.17) is 27.6 Å². The first-order chi connectivity index (χ1) is 10.1. The molecule has 1 aromatic carbocycles. The molecule has 1 aromatic heterocycles. The lowest BCUT2D eigenvalue weighted by molar-refractivity contribution is 0.385. The van der Waals surface area contributed by atoms with Crippen LogP contribution in [-0.4, -0.2) is 0 Å². The Morgan fingerprint density at radius 3 is 2.95 bits per heavy atom. The fraction of sp³-hybridized carbons (Fsp3) is 0.375. The van der Waals surface area contributed by atoms with Crippen molar-refractivity contribution >= 4 is 23.2 Å². The number of hydrogen-bond donors (Lipinski definition) is 1. The summed E-state index contributed by atoms with van der Waals surface area (Å²) in [5, 5.41) is 4.03. The monoisotopic (exact) mass is 327 g/mol. The fourth-order valence-electron chi connectivity index (χ4n) is 2.92. The summed E-state index contributed by atoms with van der Waals surface area (Å²) in [5.74, 6) is 0.594. The van der Waals surface area contributed by atoms with Crippen molar-refractivity contribution < 1.29 is 8.81 Å². The van der Waals surface area contributed by atoms with E-state index in [2.05, 4.69) is 5.32 Å². The van der Waals surface area contributed by atoms with Crippen molar-refractivity contribution in [3.63, 3.8) is 0 Å². The van der Waals surface area contributed by atoms with Gasteiger partial charge in [-0.05, 0) is 43.5 Å². The van der Waals surface area contributed by atoms with Crippen LogP contribution in [-0.2, 0) is 6.42 Å². The molecule has 1 heterocycles. The second-order valence-corrected chi connectivity index (χ2v) is 6.23. The van der Waals surface area contributed by atoms with Crippen molar-refractivity contribution in [1.82, 2.24) is 5.32 Å². The molecule has 5 heteroatoms. The van der Waals surface area contributed by atoms with E-state index in [0.717, 1.165) is 25.0 Å². The molecular weight excluding hydrogens is 312 g/mol. The van der Waals surface area contributed by atoms with Gasteiger partial charge in [0.25, 0.3) is 0 Å². The third-order valence-corrected chi connectivity index (χ3v) is 4.63. The number of halogens is 3. The van der Waals surface area contributed by atoms with Gasteiger partial charge in [-0.3, -0.25) is 0 Å². The highest BCUT2D eigenvalue weighted by atomic mass is 35.5. The summed E-state index contributed by atoms with van der Waals surface area (Å²) in [7, 11) is 0. The van der Waals surface area contributed by atoms with Crippen molar-refractivity contribution in [2.75, 3.05) is 0 Å².